The van der Waals surface area contributed by atoms with Crippen LogP contribution in [0.1, 0.15) is 21.9 Å². The minimum absolute atomic E-state index is 0.226. The van der Waals surface area contributed by atoms with Crippen molar-refractivity contribution in [3.05, 3.63) is 107 Å². The molecule has 7 heteroatoms. The first-order chi connectivity index (χ1) is 16.0. The summed E-state index contributed by atoms with van der Waals surface area (Å²) in [7, 11) is -1.25. The summed E-state index contributed by atoms with van der Waals surface area (Å²) in [6.07, 6.45) is 0. The molecule has 0 N–H and O–H groups in total. The van der Waals surface area contributed by atoms with Crippen molar-refractivity contribution in [2.45, 2.75) is 11.8 Å². The quantitative estimate of drug-likeness (QED) is 0.472. The van der Waals surface area contributed by atoms with E-state index in [0.29, 0.717) is 12.3 Å². The number of piperazine rings is 1. The predicted octanol–water partition coefficient (Wildman–Crippen LogP) is 4.76. The summed E-state index contributed by atoms with van der Waals surface area (Å²) in [5.74, 6) is -0.449. The normalized spacial score (nSPS) is 16.2. The Morgan fingerprint density at radius 2 is 1.09 bits per heavy atom. The van der Waals surface area contributed by atoms with Crippen molar-refractivity contribution in [2.75, 3.05) is 38.5 Å². The van der Waals surface area contributed by atoms with Crippen LogP contribution in [0.15, 0.2) is 72.8 Å². The van der Waals surface area contributed by atoms with Gasteiger partial charge in [-0.05, 0) is 53.1 Å². The third-order valence-electron chi connectivity index (χ3n) is 6.00. The number of benzene rings is 3. The van der Waals surface area contributed by atoms with Gasteiger partial charge in [-0.1, -0.05) is 36.4 Å². The summed E-state index contributed by atoms with van der Waals surface area (Å²) >= 11 is 0. The standard InChI is InChI=1S/C26H27F3N2OS/c27-23-7-1-20(2-8-23)19-31-15-13-30(14-16-31)17-18-33(32)26(21-3-9-24(28)10-4-21)22-5-11-25(29)12-6-22/h1-12,26H,13-19H2. The maximum Gasteiger partial charge on any atom is 0.123 e. The van der Waals surface area contributed by atoms with Gasteiger partial charge in [0.05, 0.1) is 5.25 Å². The highest BCUT2D eigenvalue weighted by atomic mass is 32.2. The maximum absolute atomic E-state index is 13.4. The molecule has 3 nitrogen and oxygen atoms in total. The highest BCUT2D eigenvalue weighted by Crippen LogP contribution is 2.29. The molecule has 3 aromatic carbocycles. The van der Waals surface area contributed by atoms with Gasteiger partial charge >= 0.3 is 0 Å². The van der Waals surface area contributed by atoms with Crippen molar-refractivity contribution in [1.29, 1.82) is 0 Å². The molecule has 4 rings (SSSR count). The van der Waals surface area contributed by atoms with Gasteiger partial charge in [0, 0.05) is 55.8 Å². The molecular weight excluding hydrogens is 445 g/mol. The molecule has 0 saturated carbocycles. The van der Waals surface area contributed by atoms with Crippen LogP contribution in [-0.2, 0) is 17.3 Å². The molecule has 1 fully saturated rings. The van der Waals surface area contributed by atoms with Crippen LogP contribution < -0.4 is 0 Å². The predicted molar refractivity (Wildman–Crippen MR) is 126 cm³/mol. The van der Waals surface area contributed by atoms with Gasteiger partial charge in [-0.15, -0.1) is 0 Å². The van der Waals surface area contributed by atoms with Gasteiger partial charge in [0.25, 0.3) is 0 Å². The van der Waals surface area contributed by atoms with Gasteiger partial charge in [-0.2, -0.15) is 0 Å². The van der Waals surface area contributed by atoms with Crippen molar-refractivity contribution in [2.24, 2.45) is 0 Å². The Morgan fingerprint density at radius 1 is 0.667 bits per heavy atom. The molecule has 0 aliphatic carbocycles. The van der Waals surface area contributed by atoms with E-state index in [1.165, 1.54) is 36.4 Å². The lowest BCUT2D eigenvalue weighted by atomic mass is 10.0. The number of halogens is 3. The van der Waals surface area contributed by atoms with Gasteiger partial charge in [0.2, 0.25) is 0 Å². The number of nitrogens with zero attached hydrogens (tertiary/aromatic N) is 2. The molecule has 33 heavy (non-hydrogen) atoms. The highest BCUT2D eigenvalue weighted by molar-refractivity contribution is 7.85. The highest BCUT2D eigenvalue weighted by Gasteiger charge is 2.23. The van der Waals surface area contributed by atoms with E-state index in [9.17, 15) is 17.4 Å². The minimum atomic E-state index is -1.25. The third-order valence-corrected chi connectivity index (χ3v) is 7.66. The van der Waals surface area contributed by atoms with E-state index in [1.807, 2.05) is 12.1 Å². The van der Waals surface area contributed by atoms with Crippen LogP contribution in [0.5, 0.6) is 0 Å². The van der Waals surface area contributed by atoms with Gasteiger partial charge < -0.3 is 0 Å². The zero-order chi connectivity index (χ0) is 23.2. The zero-order valence-corrected chi connectivity index (χ0v) is 19.1. The van der Waals surface area contributed by atoms with E-state index in [-0.39, 0.29) is 17.5 Å². The molecule has 174 valence electrons. The van der Waals surface area contributed by atoms with Crippen LogP contribution in [0.25, 0.3) is 0 Å². The number of rotatable bonds is 8. The fraction of sp³-hybridized carbons (Fsp3) is 0.308. The molecular formula is C26H27F3N2OS. The molecule has 0 bridgehead atoms. The van der Waals surface area contributed by atoms with E-state index in [0.717, 1.165) is 49.4 Å². The first-order valence-electron chi connectivity index (χ1n) is 11.1. The van der Waals surface area contributed by atoms with E-state index >= 15 is 0 Å². The lowest BCUT2D eigenvalue weighted by molar-refractivity contribution is 0.132. The lowest BCUT2D eigenvalue weighted by Gasteiger charge is -2.34. The second-order valence-corrected chi connectivity index (χ2v) is 9.95. The van der Waals surface area contributed by atoms with Crippen molar-refractivity contribution in [3.63, 3.8) is 0 Å². The summed E-state index contributed by atoms with van der Waals surface area (Å²) in [5, 5.41) is -0.439. The van der Waals surface area contributed by atoms with Gasteiger partial charge in [0.15, 0.2) is 0 Å². The number of hydrogen-bond acceptors (Lipinski definition) is 3. The molecule has 1 unspecified atom stereocenters. The third kappa shape index (κ3) is 6.53. The Kier molecular flexibility index (Phi) is 7.96. The molecule has 0 aromatic heterocycles. The monoisotopic (exact) mass is 472 g/mol. The Morgan fingerprint density at radius 3 is 1.58 bits per heavy atom. The van der Waals surface area contributed by atoms with E-state index < -0.39 is 16.0 Å². The van der Waals surface area contributed by atoms with Gasteiger partial charge in [-0.25, -0.2) is 13.2 Å². The summed E-state index contributed by atoms with van der Waals surface area (Å²) in [5.41, 5.74) is 2.60. The van der Waals surface area contributed by atoms with Crippen LogP contribution in [0.2, 0.25) is 0 Å². The number of hydrogen-bond donors (Lipinski definition) is 0. The van der Waals surface area contributed by atoms with Crippen molar-refractivity contribution in [1.82, 2.24) is 9.80 Å². The molecule has 1 heterocycles. The summed E-state index contributed by atoms with van der Waals surface area (Å²) in [6, 6.07) is 18.7. The fourth-order valence-corrected chi connectivity index (χ4v) is 5.72. The Bertz CT molecular complexity index is 1000. The molecule has 1 aliphatic rings. The topological polar surface area (TPSA) is 23.6 Å². The summed E-state index contributed by atoms with van der Waals surface area (Å²) < 4.78 is 53.3. The summed E-state index contributed by atoms with van der Waals surface area (Å²) in [6.45, 7) is 5.01. The maximum atomic E-state index is 13.4. The van der Waals surface area contributed by atoms with Crippen molar-refractivity contribution < 1.29 is 17.4 Å². The average molecular weight is 473 g/mol. The average Bonchev–Trinajstić information content (AvgIpc) is 2.83. The van der Waals surface area contributed by atoms with E-state index in [4.69, 9.17) is 0 Å². The lowest BCUT2D eigenvalue weighted by Crippen LogP contribution is -2.47. The SMILES string of the molecule is O=S(CCN1CCN(Cc2ccc(F)cc2)CC1)C(c1ccc(F)cc1)c1ccc(F)cc1. The molecule has 0 radical (unpaired) electrons. The fourth-order valence-electron chi connectivity index (χ4n) is 4.13. The van der Waals surface area contributed by atoms with Crippen molar-refractivity contribution in [3.8, 4) is 0 Å². The zero-order valence-electron chi connectivity index (χ0n) is 18.3. The van der Waals surface area contributed by atoms with Crippen LogP contribution in [0, 0.1) is 17.5 Å². The van der Waals surface area contributed by atoms with E-state index in [2.05, 4.69) is 9.80 Å². The van der Waals surface area contributed by atoms with Crippen LogP contribution in [0.4, 0.5) is 13.2 Å². The van der Waals surface area contributed by atoms with Gasteiger partial charge in [-0.3, -0.25) is 14.0 Å². The second kappa shape index (κ2) is 11.1. The molecule has 1 atom stereocenters. The molecule has 0 spiro atoms. The Labute approximate surface area is 195 Å². The molecule has 0 amide bonds. The molecule has 1 aliphatic heterocycles. The van der Waals surface area contributed by atoms with Crippen LogP contribution in [0.3, 0.4) is 0 Å². The van der Waals surface area contributed by atoms with Gasteiger partial charge in [0.1, 0.15) is 17.5 Å². The van der Waals surface area contributed by atoms with Crippen molar-refractivity contribution >= 4 is 10.8 Å². The molecule has 1 saturated heterocycles. The van der Waals surface area contributed by atoms with E-state index in [1.54, 1.807) is 24.3 Å². The molecule has 3 aromatic rings. The van der Waals surface area contributed by atoms with Crippen LogP contribution in [-0.4, -0.2) is 52.5 Å². The Hall–Kier alpha value is -2.48. The smallest absolute Gasteiger partial charge is 0.123 e. The first kappa shape index (κ1) is 23.7. The Balaban J connectivity index is 1.34. The summed E-state index contributed by atoms with van der Waals surface area (Å²) in [4.78, 5) is 4.63. The largest absolute Gasteiger partial charge is 0.300 e. The minimum Gasteiger partial charge on any atom is -0.300 e. The van der Waals surface area contributed by atoms with Crippen LogP contribution >= 0.6 is 0 Å². The second-order valence-electron chi connectivity index (χ2n) is 8.31. The first-order valence-corrected chi connectivity index (χ1v) is 12.4.